The highest BCUT2D eigenvalue weighted by molar-refractivity contribution is 5.86. The van der Waals surface area contributed by atoms with Crippen molar-refractivity contribution >= 4 is 23.0 Å². The van der Waals surface area contributed by atoms with E-state index >= 15 is 0 Å². The lowest BCUT2D eigenvalue weighted by atomic mass is 9.89. The molecule has 6 rings (SSSR count). The number of amides is 1. The van der Waals surface area contributed by atoms with Gasteiger partial charge in [-0.1, -0.05) is 91.0 Å². The van der Waals surface area contributed by atoms with Gasteiger partial charge in [-0.05, 0) is 34.4 Å². The number of cyclic esters (lactones) is 1. The van der Waals surface area contributed by atoms with E-state index in [4.69, 9.17) is 18.6 Å². The molecule has 1 aromatic heterocycles. The van der Waals surface area contributed by atoms with Gasteiger partial charge in [-0.2, -0.15) is 0 Å². The van der Waals surface area contributed by atoms with E-state index in [1.807, 2.05) is 91.0 Å². The van der Waals surface area contributed by atoms with Gasteiger partial charge in [0.2, 0.25) is 0 Å². The van der Waals surface area contributed by atoms with Crippen LogP contribution in [0.4, 0.5) is 4.79 Å². The summed E-state index contributed by atoms with van der Waals surface area (Å²) in [5.74, 6) is -0.0848. The Balaban J connectivity index is 1.45. The predicted octanol–water partition coefficient (Wildman–Crippen LogP) is 6.39. The molecule has 1 amide bonds. The van der Waals surface area contributed by atoms with Crippen LogP contribution in [0.15, 0.2) is 124 Å². The van der Waals surface area contributed by atoms with Crippen molar-refractivity contribution in [1.29, 1.82) is 0 Å². The average molecular weight is 576 g/mol. The van der Waals surface area contributed by atoms with Crippen LogP contribution in [0.2, 0.25) is 0 Å². The summed E-state index contributed by atoms with van der Waals surface area (Å²) in [6.07, 6.45) is -1.47. The second-order valence-electron chi connectivity index (χ2n) is 10.2. The van der Waals surface area contributed by atoms with Crippen LogP contribution in [0.5, 0.6) is 5.75 Å². The standard InChI is InChI=1S/C35H29NO7/c1-40-27-17-18-28-26(20-31(37)42-30(28)21-27)19-29-34(38)43-33(25-15-9-4-10-16-25)32(24-13-7-3-8-14-24)36(29)35(39)41-22-23-11-5-2-6-12-23/h2-18,20-21,29,32-33H,19,22H2,1H3/t29-,32-,33+/m0/s1. The fourth-order valence-electron chi connectivity index (χ4n) is 5.53. The van der Waals surface area contributed by atoms with Gasteiger partial charge in [0.25, 0.3) is 0 Å². The number of esters is 1. The van der Waals surface area contributed by atoms with E-state index in [1.54, 1.807) is 18.2 Å². The van der Waals surface area contributed by atoms with Crippen molar-refractivity contribution in [2.24, 2.45) is 0 Å². The maximum Gasteiger partial charge on any atom is 0.411 e. The number of rotatable bonds is 7. The number of nitrogens with zero attached hydrogens (tertiary/aromatic N) is 1. The van der Waals surface area contributed by atoms with Gasteiger partial charge in [0, 0.05) is 23.9 Å². The molecule has 1 fully saturated rings. The summed E-state index contributed by atoms with van der Waals surface area (Å²) in [6.45, 7) is 0.0209. The molecule has 8 heteroatoms. The molecule has 1 saturated heterocycles. The number of fused-ring (bicyclic) bond motifs is 1. The minimum atomic E-state index is -1.10. The predicted molar refractivity (Wildman–Crippen MR) is 159 cm³/mol. The minimum Gasteiger partial charge on any atom is -0.497 e. The highest BCUT2D eigenvalue weighted by Crippen LogP contribution is 2.43. The molecule has 0 unspecified atom stereocenters. The molecule has 5 aromatic rings. The first-order valence-electron chi connectivity index (χ1n) is 13.9. The second kappa shape index (κ2) is 12.2. The third-order valence-electron chi connectivity index (χ3n) is 7.57. The summed E-state index contributed by atoms with van der Waals surface area (Å²) in [5.41, 5.74) is 2.57. The summed E-state index contributed by atoms with van der Waals surface area (Å²) >= 11 is 0. The molecular weight excluding hydrogens is 546 g/mol. The van der Waals surface area contributed by atoms with Gasteiger partial charge >= 0.3 is 17.7 Å². The summed E-state index contributed by atoms with van der Waals surface area (Å²) in [7, 11) is 1.52. The van der Waals surface area contributed by atoms with E-state index in [-0.39, 0.29) is 13.0 Å². The largest absolute Gasteiger partial charge is 0.497 e. The molecule has 0 saturated carbocycles. The number of ether oxygens (including phenoxy) is 3. The second-order valence-corrected chi connectivity index (χ2v) is 10.2. The smallest absolute Gasteiger partial charge is 0.411 e. The van der Waals surface area contributed by atoms with Crippen molar-refractivity contribution in [3.8, 4) is 5.75 Å². The summed E-state index contributed by atoms with van der Waals surface area (Å²) in [5, 5.41) is 0.618. The number of methoxy groups -OCH3 is 1. The molecule has 43 heavy (non-hydrogen) atoms. The lowest BCUT2D eigenvalue weighted by Gasteiger charge is -2.44. The molecule has 0 spiro atoms. The maximum absolute atomic E-state index is 14.1. The molecule has 1 aliphatic rings. The third kappa shape index (κ3) is 5.85. The van der Waals surface area contributed by atoms with Gasteiger partial charge in [-0.25, -0.2) is 14.4 Å². The molecule has 4 aromatic carbocycles. The average Bonchev–Trinajstić information content (AvgIpc) is 3.05. The van der Waals surface area contributed by atoms with Crippen LogP contribution in [0.3, 0.4) is 0 Å². The number of carbonyl (C=O) groups excluding carboxylic acids is 2. The first kappa shape index (κ1) is 27.8. The Morgan fingerprint density at radius 2 is 1.47 bits per heavy atom. The lowest BCUT2D eigenvalue weighted by Crippen LogP contribution is -2.55. The fraction of sp³-hybridized carbons (Fsp3) is 0.171. The number of carbonyl (C=O) groups is 2. The highest BCUT2D eigenvalue weighted by Gasteiger charge is 2.48. The van der Waals surface area contributed by atoms with Gasteiger partial charge in [0.15, 0.2) is 6.10 Å². The van der Waals surface area contributed by atoms with Crippen LogP contribution < -0.4 is 10.4 Å². The van der Waals surface area contributed by atoms with Gasteiger partial charge in [-0.3, -0.25) is 4.90 Å². The van der Waals surface area contributed by atoms with E-state index in [0.29, 0.717) is 22.3 Å². The van der Waals surface area contributed by atoms with Crippen molar-refractivity contribution in [2.45, 2.75) is 31.2 Å². The zero-order chi connectivity index (χ0) is 29.8. The Morgan fingerprint density at radius 1 is 0.814 bits per heavy atom. The maximum atomic E-state index is 14.1. The Kier molecular flexibility index (Phi) is 7.91. The van der Waals surface area contributed by atoms with Crippen LogP contribution in [0.1, 0.15) is 34.4 Å². The van der Waals surface area contributed by atoms with Crippen molar-refractivity contribution in [2.75, 3.05) is 7.11 Å². The first-order valence-corrected chi connectivity index (χ1v) is 13.9. The fourth-order valence-corrected chi connectivity index (χ4v) is 5.53. The molecular formula is C35H29NO7. The van der Waals surface area contributed by atoms with Crippen LogP contribution in [0, 0.1) is 0 Å². The van der Waals surface area contributed by atoms with Crippen molar-refractivity contribution in [1.82, 2.24) is 4.90 Å². The molecule has 0 aliphatic carbocycles. The number of hydrogen-bond acceptors (Lipinski definition) is 7. The van der Waals surface area contributed by atoms with Crippen molar-refractivity contribution in [3.05, 3.63) is 148 Å². The molecule has 216 valence electrons. The van der Waals surface area contributed by atoms with E-state index in [2.05, 4.69) is 0 Å². The van der Waals surface area contributed by atoms with Crippen molar-refractivity contribution in [3.63, 3.8) is 0 Å². The van der Waals surface area contributed by atoms with Gasteiger partial charge in [-0.15, -0.1) is 0 Å². The van der Waals surface area contributed by atoms with Crippen LogP contribution in [-0.4, -0.2) is 30.1 Å². The van der Waals surface area contributed by atoms with E-state index in [9.17, 15) is 14.4 Å². The molecule has 0 N–H and O–H groups in total. The van der Waals surface area contributed by atoms with E-state index in [1.165, 1.54) is 18.1 Å². The lowest BCUT2D eigenvalue weighted by molar-refractivity contribution is -0.173. The van der Waals surface area contributed by atoms with Crippen molar-refractivity contribution < 1.29 is 28.2 Å². The normalized spacial score (nSPS) is 18.2. The zero-order valence-electron chi connectivity index (χ0n) is 23.4. The highest BCUT2D eigenvalue weighted by atomic mass is 16.6. The summed E-state index contributed by atoms with van der Waals surface area (Å²) in [6, 6.07) is 32.8. The van der Waals surface area contributed by atoms with Gasteiger partial charge in [0.1, 0.15) is 30.0 Å². The minimum absolute atomic E-state index is 0.00145. The molecule has 8 nitrogen and oxygen atoms in total. The topological polar surface area (TPSA) is 95.3 Å². The zero-order valence-corrected chi connectivity index (χ0v) is 23.4. The number of benzene rings is 4. The molecule has 0 radical (unpaired) electrons. The quantitative estimate of drug-likeness (QED) is 0.164. The van der Waals surface area contributed by atoms with Gasteiger partial charge in [0.05, 0.1) is 7.11 Å². The number of hydrogen-bond donors (Lipinski definition) is 0. The molecule has 2 heterocycles. The molecule has 1 aliphatic heterocycles. The van der Waals surface area contributed by atoms with Gasteiger partial charge < -0.3 is 18.6 Å². The molecule has 0 bridgehead atoms. The van der Waals surface area contributed by atoms with Crippen LogP contribution in [-0.2, 0) is 27.3 Å². The molecule has 3 atom stereocenters. The van der Waals surface area contributed by atoms with Crippen LogP contribution >= 0.6 is 0 Å². The Morgan fingerprint density at radius 3 is 2.14 bits per heavy atom. The Labute approximate surface area is 248 Å². The first-order chi connectivity index (χ1) is 21.0. The van der Waals surface area contributed by atoms with E-state index in [0.717, 1.165) is 16.7 Å². The monoisotopic (exact) mass is 575 g/mol. The van der Waals surface area contributed by atoms with Crippen LogP contribution in [0.25, 0.3) is 11.0 Å². The summed E-state index contributed by atoms with van der Waals surface area (Å²) < 4.78 is 22.7. The SMILES string of the molecule is COc1ccc2c(C[C@H]3C(=O)O[C@H](c4ccccc4)[C@H](c4ccccc4)N3C(=O)OCc3ccccc3)cc(=O)oc2c1. The third-order valence-corrected chi connectivity index (χ3v) is 7.57. The Hall–Kier alpha value is -5.37. The number of morpholine rings is 1. The summed E-state index contributed by atoms with van der Waals surface area (Å²) in [4.78, 5) is 42.0. The Bertz CT molecular complexity index is 1790. The van der Waals surface area contributed by atoms with E-state index < -0.39 is 35.9 Å².